The number of allylic oxidation sites excluding steroid dienone is 4. The Morgan fingerprint density at radius 1 is 1.15 bits per heavy atom. The minimum atomic E-state index is -2.68. The normalized spacial score (nSPS) is 48.9. The van der Waals surface area contributed by atoms with Gasteiger partial charge in [-0.15, -0.1) is 0 Å². The van der Waals surface area contributed by atoms with Gasteiger partial charge in [-0.25, -0.2) is 8.78 Å². The van der Waals surface area contributed by atoms with Gasteiger partial charge in [0.15, 0.2) is 5.78 Å². The van der Waals surface area contributed by atoms with Crippen LogP contribution in [0.1, 0.15) is 0 Å². The van der Waals surface area contributed by atoms with Crippen LogP contribution in [0.2, 0.25) is 0 Å². The van der Waals surface area contributed by atoms with Crippen LogP contribution in [-0.4, -0.2) is 11.7 Å². The maximum absolute atomic E-state index is 13.4. The van der Waals surface area contributed by atoms with Crippen LogP contribution in [0, 0.1) is 23.7 Å². The number of alkyl halides is 2. The average molecular weight is 182 g/mol. The third-order valence-electron chi connectivity index (χ3n) is 3.44. The third-order valence-corrected chi connectivity index (χ3v) is 3.44. The van der Waals surface area contributed by atoms with E-state index in [-0.39, 0.29) is 11.7 Å². The Kier molecular flexibility index (Phi) is 1.09. The van der Waals surface area contributed by atoms with Crippen LogP contribution in [0.5, 0.6) is 0 Å². The molecule has 0 radical (unpaired) electrons. The molecule has 0 aromatic rings. The molecule has 68 valence electrons. The van der Waals surface area contributed by atoms with E-state index in [2.05, 4.69) is 0 Å². The molecule has 0 N–H and O–H groups in total. The zero-order valence-corrected chi connectivity index (χ0v) is 6.78. The van der Waals surface area contributed by atoms with Crippen LogP contribution in [0.25, 0.3) is 0 Å². The molecule has 3 rings (SSSR count). The Labute approximate surface area is 74.1 Å². The van der Waals surface area contributed by atoms with Crippen LogP contribution in [0.4, 0.5) is 8.78 Å². The van der Waals surface area contributed by atoms with Gasteiger partial charge in [0.2, 0.25) is 0 Å². The Morgan fingerprint density at radius 3 is 2.54 bits per heavy atom. The molecular weight excluding hydrogens is 174 g/mol. The minimum absolute atomic E-state index is 0.124. The lowest BCUT2D eigenvalue weighted by Gasteiger charge is -2.16. The molecule has 0 aromatic carbocycles. The fourth-order valence-electron chi connectivity index (χ4n) is 2.85. The predicted molar refractivity (Wildman–Crippen MR) is 42.2 cm³/mol. The van der Waals surface area contributed by atoms with E-state index in [9.17, 15) is 13.6 Å². The van der Waals surface area contributed by atoms with Gasteiger partial charge in [-0.3, -0.25) is 4.79 Å². The lowest BCUT2D eigenvalue weighted by atomic mass is 9.85. The molecule has 0 aromatic heterocycles. The summed E-state index contributed by atoms with van der Waals surface area (Å²) in [6.45, 7) is 0. The van der Waals surface area contributed by atoms with Crippen LogP contribution < -0.4 is 0 Å². The van der Waals surface area contributed by atoms with Gasteiger partial charge < -0.3 is 0 Å². The Bertz CT molecular complexity index is 343. The molecule has 0 spiro atoms. The molecule has 3 heteroatoms. The number of hydrogen-bond acceptors (Lipinski definition) is 1. The highest BCUT2D eigenvalue weighted by atomic mass is 19.3. The molecule has 0 amide bonds. The Morgan fingerprint density at radius 2 is 1.85 bits per heavy atom. The van der Waals surface area contributed by atoms with Crippen LogP contribution in [-0.2, 0) is 4.79 Å². The van der Waals surface area contributed by atoms with E-state index >= 15 is 0 Å². The summed E-state index contributed by atoms with van der Waals surface area (Å²) in [4.78, 5) is 11.3. The van der Waals surface area contributed by atoms with Crippen molar-refractivity contribution in [3.05, 3.63) is 24.3 Å². The highest BCUT2D eigenvalue weighted by molar-refractivity contribution is 5.96. The maximum atomic E-state index is 13.4. The van der Waals surface area contributed by atoms with Crippen molar-refractivity contribution in [2.24, 2.45) is 23.7 Å². The van der Waals surface area contributed by atoms with Gasteiger partial charge in [0.05, 0.1) is 5.92 Å². The topological polar surface area (TPSA) is 17.1 Å². The first kappa shape index (κ1) is 7.42. The number of carbonyl (C=O) groups excluding carboxylic acids is 1. The van der Waals surface area contributed by atoms with E-state index in [1.807, 2.05) is 0 Å². The van der Waals surface area contributed by atoms with E-state index in [0.717, 1.165) is 0 Å². The second-order valence-corrected chi connectivity index (χ2v) is 3.98. The van der Waals surface area contributed by atoms with Crippen molar-refractivity contribution in [2.75, 3.05) is 0 Å². The smallest absolute Gasteiger partial charge is 0.261 e. The van der Waals surface area contributed by atoms with Gasteiger partial charge in [0, 0.05) is 17.8 Å². The highest BCUT2D eigenvalue weighted by Gasteiger charge is 2.65. The van der Waals surface area contributed by atoms with Crippen LogP contribution in [0.3, 0.4) is 0 Å². The van der Waals surface area contributed by atoms with E-state index in [0.29, 0.717) is 0 Å². The first-order chi connectivity index (χ1) is 6.12. The number of rotatable bonds is 0. The van der Waals surface area contributed by atoms with E-state index < -0.39 is 23.7 Å². The second-order valence-electron chi connectivity index (χ2n) is 3.98. The molecule has 0 aliphatic heterocycles. The average Bonchev–Trinajstić information content (AvgIpc) is 2.63. The first-order valence-electron chi connectivity index (χ1n) is 4.40. The summed E-state index contributed by atoms with van der Waals surface area (Å²) < 4.78 is 26.9. The number of carbonyl (C=O) groups is 1. The van der Waals surface area contributed by atoms with Gasteiger partial charge in [-0.1, -0.05) is 18.2 Å². The summed E-state index contributed by atoms with van der Waals surface area (Å²) in [7, 11) is 0. The zero-order chi connectivity index (χ0) is 9.22. The summed E-state index contributed by atoms with van der Waals surface area (Å²) >= 11 is 0. The van der Waals surface area contributed by atoms with Gasteiger partial charge in [0.25, 0.3) is 5.92 Å². The molecule has 3 aliphatic rings. The molecule has 0 unspecified atom stereocenters. The third kappa shape index (κ3) is 0.653. The number of ketones is 1. The van der Waals surface area contributed by atoms with Gasteiger partial charge in [0.1, 0.15) is 0 Å². The molecule has 1 nitrogen and oxygen atoms in total. The van der Waals surface area contributed by atoms with Gasteiger partial charge in [-0.2, -0.15) is 0 Å². The zero-order valence-electron chi connectivity index (χ0n) is 6.78. The van der Waals surface area contributed by atoms with Crippen molar-refractivity contribution >= 4 is 5.78 Å². The maximum Gasteiger partial charge on any atom is 0.261 e. The molecule has 13 heavy (non-hydrogen) atoms. The summed E-state index contributed by atoms with van der Waals surface area (Å²) in [6.07, 6.45) is 6.18. The second kappa shape index (κ2) is 1.91. The van der Waals surface area contributed by atoms with Crippen molar-refractivity contribution in [3.8, 4) is 0 Å². The van der Waals surface area contributed by atoms with E-state index in [4.69, 9.17) is 0 Å². The molecule has 4 atom stereocenters. The number of halogens is 2. The quantitative estimate of drug-likeness (QED) is 0.522. The minimum Gasteiger partial charge on any atom is -0.295 e. The predicted octanol–water partition coefficient (Wildman–Crippen LogP) is 1.81. The fourth-order valence-corrected chi connectivity index (χ4v) is 2.85. The molecule has 2 bridgehead atoms. The standard InChI is InChI=1S/C10H8F2O/c11-10(12)6-2-3-7(10)9-5(6)1-4-8(9)13/h1-7,9H/t5-,6+,7-,9-/m0/s1. The molecule has 1 fully saturated rings. The van der Waals surface area contributed by atoms with Crippen LogP contribution in [0.15, 0.2) is 24.3 Å². The number of hydrogen-bond donors (Lipinski definition) is 0. The molecular formula is C10H8F2O. The monoisotopic (exact) mass is 182 g/mol. The van der Waals surface area contributed by atoms with Crippen molar-refractivity contribution in [1.29, 1.82) is 0 Å². The largest absolute Gasteiger partial charge is 0.295 e. The fraction of sp³-hybridized carbons (Fsp3) is 0.500. The van der Waals surface area contributed by atoms with E-state index in [1.165, 1.54) is 12.2 Å². The first-order valence-corrected chi connectivity index (χ1v) is 4.40. The SMILES string of the molecule is O=C1C=C[C@@H]2[C@H]1[C@@H]1C=C[C@H]2C1(F)F. The van der Waals surface area contributed by atoms with Crippen molar-refractivity contribution in [3.63, 3.8) is 0 Å². The van der Waals surface area contributed by atoms with Crippen LogP contribution >= 0.6 is 0 Å². The van der Waals surface area contributed by atoms with Crippen molar-refractivity contribution in [1.82, 2.24) is 0 Å². The molecule has 3 aliphatic carbocycles. The summed E-state index contributed by atoms with van der Waals surface area (Å²) in [5, 5.41) is 0. The summed E-state index contributed by atoms with van der Waals surface area (Å²) in [5.41, 5.74) is 0. The Balaban J connectivity index is 2.11. The summed E-state index contributed by atoms with van der Waals surface area (Å²) in [6, 6.07) is 0. The number of fused-ring (bicyclic) bond motifs is 5. The lowest BCUT2D eigenvalue weighted by Crippen LogP contribution is -2.26. The Hall–Kier alpha value is -0.990. The van der Waals surface area contributed by atoms with E-state index in [1.54, 1.807) is 12.2 Å². The molecule has 0 heterocycles. The van der Waals surface area contributed by atoms with Gasteiger partial charge >= 0.3 is 0 Å². The highest BCUT2D eigenvalue weighted by Crippen LogP contribution is 2.59. The molecule has 0 saturated heterocycles. The van der Waals surface area contributed by atoms with Gasteiger partial charge in [-0.05, 0) is 6.08 Å². The molecule has 1 saturated carbocycles. The van der Waals surface area contributed by atoms with Crippen molar-refractivity contribution in [2.45, 2.75) is 5.92 Å². The lowest BCUT2D eigenvalue weighted by molar-refractivity contribution is -0.120. The van der Waals surface area contributed by atoms with Crippen molar-refractivity contribution < 1.29 is 13.6 Å². The summed E-state index contributed by atoms with van der Waals surface area (Å²) in [5.74, 6) is -5.09.